The number of hydrazine groups is 3. The number of aromatic nitrogens is 3. The van der Waals surface area contributed by atoms with Gasteiger partial charge in [-0.15, -0.1) is 0 Å². The van der Waals surface area contributed by atoms with Gasteiger partial charge in [0, 0.05) is 88.7 Å². The van der Waals surface area contributed by atoms with E-state index >= 15 is 0 Å². The summed E-state index contributed by atoms with van der Waals surface area (Å²) in [6.07, 6.45) is 7.96. The number of hydrogen-bond donors (Lipinski definition) is 6. The molecule has 18 nitrogen and oxygen atoms in total. The molecule has 3 fully saturated rings. The Morgan fingerprint density at radius 2 is 0.657 bits per heavy atom. The zero-order valence-corrected chi connectivity index (χ0v) is 60.1. The Morgan fingerprint density at radius 1 is 0.392 bits per heavy atom. The number of nitrogens with one attached hydrogen (secondary N) is 3. The highest BCUT2D eigenvalue weighted by molar-refractivity contribution is 6.32. The first kappa shape index (κ1) is 77.3. The molecule has 3 amide bonds. The predicted molar refractivity (Wildman–Crippen MR) is 392 cm³/mol. The predicted octanol–water partition coefficient (Wildman–Crippen LogP) is 15.8. The van der Waals surface area contributed by atoms with Gasteiger partial charge in [0.2, 0.25) is 0 Å². The molecule has 3 saturated heterocycles. The quantitative estimate of drug-likeness (QED) is 0.0331. The number of piperidine rings is 3. The Morgan fingerprint density at radius 3 is 0.912 bits per heavy atom. The first-order valence-electron chi connectivity index (χ1n) is 33.8. The average molecular weight is 1520 g/mol. The van der Waals surface area contributed by atoms with E-state index in [-0.39, 0.29) is 52.6 Å². The van der Waals surface area contributed by atoms with E-state index < -0.39 is 35.8 Å². The third kappa shape index (κ3) is 23.6. The number of carbonyl (C=O) groups excluding carboxylic acids is 3. The van der Waals surface area contributed by atoms with Crippen LogP contribution < -0.4 is 30.5 Å². The number of fused-ring (bicyclic) bond motifs is 3. The van der Waals surface area contributed by atoms with Crippen molar-refractivity contribution in [3.8, 4) is 17.2 Å². The van der Waals surface area contributed by atoms with Crippen LogP contribution in [0.5, 0.6) is 17.2 Å². The maximum absolute atomic E-state index is 13.5. The molecule has 6 aromatic carbocycles. The van der Waals surface area contributed by atoms with Gasteiger partial charge in [0.25, 0.3) is 17.7 Å². The number of ether oxygens (including phenoxy) is 3. The Balaban J connectivity index is 0.000000165. The minimum absolute atomic E-state index is 0.0364. The highest BCUT2D eigenvalue weighted by Crippen LogP contribution is 2.30. The molecule has 0 radical (unpaired) electrons. The number of benzene rings is 6. The van der Waals surface area contributed by atoms with Gasteiger partial charge in [-0.05, 0) is 204 Å². The molecule has 9 aromatic rings. The van der Waals surface area contributed by atoms with E-state index in [4.69, 9.17) is 83.8 Å². The molecular weight excluding hydrogens is 1440 g/mol. The van der Waals surface area contributed by atoms with Crippen molar-refractivity contribution in [2.24, 2.45) is 17.8 Å². The lowest BCUT2D eigenvalue weighted by Gasteiger charge is -2.32. The van der Waals surface area contributed by atoms with Gasteiger partial charge in [-0.1, -0.05) is 87.8 Å². The van der Waals surface area contributed by atoms with Crippen LogP contribution in [-0.4, -0.2) is 140 Å². The third-order valence-electron chi connectivity index (χ3n) is 18.0. The number of hydrogen-bond acceptors (Lipinski definition) is 15. The molecule has 6 heterocycles. The first-order chi connectivity index (χ1) is 49.1. The smallest absolute Gasteiger partial charge is 0.284 e. The summed E-state index contributed by atoms with van der Waals surface area (Å²) in [7, 11) is 0. The molecule has 0 saturated carbocycles. The lowest BCUT2D eigenvalue weighted by atomic mass is 9.92. The zero-order chi connectivity index (χ0) is 72.2. The molecule has 1 unspecified atom stereocenters. The lowest BCUT2D eigenvalue weighted by molar-refractivity contribution is 0.0637. The second-order valence-electron chi connectivity index (χ2n) is 25.6. The van der Waals surface area contributed by atoms with Crippen molar-refractivity contribution in [1.82, 2.24) is 46.3 Å². The number of carbonyl (C=O) groups is 3. The summed E-state index contributed by atoms with van der Waals surface area (Å²) in [4.78, 5) is 51.2. The summed E-state index contributed by atoms with van der Waals surface area (Å²) >= 11 is 35.0. The monoisotopic (exact) mass is 1520 g/mol. The Bertz CT molecular complexity index is 3900. The fourth-order valence-corrected chi connectivity index (χ4v) is 13.0. The lowest BCUT2D eigenvalue weighted by Crippen LogP contribution is -2.46. The van der Waals surface area contributed by atoms with E-state index in [0.29, 0.717) is 86.4 Å². The van der Waals surface area contributed by atoms with E-state index in [9.17, 15) is 42.9 Å². The van der Waals surface area contributed by atoms with Crippen LogP contribution in [0.3, 0.4) is 0 Å². The van der Waals surface area contributed by atoms with Crippen molar-refractivity contribution in [3.63, 3.8) is 0 Å². The number of halogens is 9. The van der Waals surface area contributed by atoms with E-state index in [1.807, 2.05) is 51.4 Å². The molecule has 6 N–H and O–H groups in total. The van der Waals surface area contributed by atoms with Gasteiger partial charge in [-0.3, -0.25) is 30.7 Å². The Hall–Kier alpha value is -7.35. The zero-order valence-electron chi connectivity index (χ0n) is 55.5. The maximum Gasteiger partial charge on any atom is 0.284 e. The normalized spacial score (nSPS) is 15.9. The molecule has 3 aliphatic heterocycles. The van der Waals surface area contributed by atoms with Crippen molar-refractivity contribution in [3.05, 3.63) is 210 Å². The van der Waals surface area contributed by atoms with Crippen molar-refractivity contribution < 1.29 is 57.1 Å². The second-order valence-corrected chi connectivity index (χ2v) is 28.1. The summed E-state index contributed by atoms with van der Waals surface area (Å²) in [5.74, 6) is 0.0537. The summed E-state index contributed by atoms with van der Waals surface area (Å²) in [6.45, 7) is 4.69. The third-order valence-corrected chi connectivity index (χ3v) is 19.6. The Labute approximate surface area is 619 Å². The molecule has 12 rings (SSSR count). The summed E-state index contributed by atoms with van der Waals surface area (Å²) < 4.78 is 56.8. The number of rotatable bonds is 24. The molecule has 102 heavy (non-hydrogen) atoms. The van der Waals surface area contributed by atoms with E-state index in [2.05, 4.69) is 31.2 Å². The molecule has 3 aromatic heterocycles. The number of nitrogens with zero attached hydrogens (tertiary/aromatic N) is 6. The molecule has 27 heteroatoms. The van der Waals surface area contributed by atoms with Gasteiger partial charge < -0.3 is 29.5 Å². The summed E-state index contributed by atoms with van der Waals surface area (Å²) in [5.41, 5.74) is 12.1. The van der Waals surface area contributed by atoms with Crippen LogP contribution in [0.25, 0.3) is 32.7 Å². The van der Waals surface area contributed by atoms with Crippen molar-refractivity contribution in [1.29, 1.82) is 0 Å². The van der Waals surface area contributed by atoms with Crippen LogP contribution in [-0.2, 0) is 0 Å². The molecule has 540 valence electrons. The van der Waals surface area contributed by atoms with Gasteiger partial charge in [0.05, 0.1) is 49.9 Å². The largest absolute Gasteiger partial charge is 0.491 e. The number of pyridine rings is 3. The Kier molecular flexibility index (Phi) is 28.7. The summed E-state index contributed by atoms with van der Waals surface area (Å²) in [6, 6.07) is 39.4. The van der Waals surface area contributed by atoms with Crippen LogP contribution in [0.1, 0.15) is 109 Å². The number of aliphatic hydroxyl groups is 3. The molecule has 3 atom stereocenters. The van der Waals surface area contributed by atoms with Crippen molar-refractivity contribution in [2.75, 3.05) is 59.1 Å². The van der Waals surface area contributed by atoms with Crippen molar-refractivity contribution >= 4 is 120 Å². The highest BCUT2D eigenvalue weighted by atomic mass is 35.5. The van der Waals surface area contributed by atoms with E-state index in [0.717, 1.165) is 130 Å². The topological polar surface area (TPSA) is 224 Å². The highest BCUT2D eigenvalue weighted by Gasteiger charge is 2.26. The average Bonchev–Trinajstić information content (AvgIpc) is 0.829. The molecule has 0 bridgehead atoms. The van der Waals surface area contributed by atoms with E-state index in [1.54, 1.807) is 72.8 Å². The number of amides is 3. The minimum Gasteiger partial charge on any atom is -0.491 e. The van der Waals surface area contributed by atoms with Gasteiger partial charge in [0.1, 0.15) is 71.6 Å². The van der Waals surface area contributed by atoms with Crippen LogP contribution >= 0.6 is 69.6 Å². The van der Waals surface area contributed by atoms with Crippen LogP contribution in [0, 0.1) is 35.2 Å². The van der Waals surface area contributed by atoms with Crippen LogP contribution in [0.15, 0.2) is 146 Å². The summed E-state index contributed by atoms with van der Waals surface area (Å²) in [5, 5.41) is 41.1. The van der Waals surface area contributed by atoms with Gasteiger partial charge in [-0.2, -0.15) is 0 Å². The molecule has 0 aliphatic carbocycles. The molecule has 0 spiro atoms. The fourth-order valence-electron chi connectivity index (χ4n) is 12.1. The first-order valence-corrected chi connectivity index (χ1v) is 36.0. The SMILES string of the molecule is O=C(NN1CCC(CCC(O)COc2ccc(Cl)c(F)c2)CC1)c1ccc2cc(Cl)ccc2n1.O=C(NN1CCC(CC[C@@H](O)COc2ccc(Cl)c(F)c2)CC1)c1ccc2cc(Cl)ccc2n1.O=C(NN1CCC(CC[C@H](O)COc2ccc(Cl)c(F)c2)CC1)c1ccc2cc(Cl)ccc2n1. The van der Waals surface area contributed by atoms with Gasteiger partial charge >= 0.3 is 0 Å². The van der Waals surface area contributed by atoms with Crippen LogP contribution in [0.4, 0.5) is 13.2 Å². The van der Waals surface area contributed by atoms with Gasteiger partial charge in [0.15, 0.2) is 0 Å². The second kappa shape index (κ2) is 37.9. The maximum atomic E-state index is 13.5. The van der Waals surface area contributed by atoms with Crippen molar-refractivity contribution in [2.45, 2.75) is 95.4 Å². The minimum atomic E-state index is -0.634. The number of aliphatic hydroxyl groups excluding tert-OH is 3. The van der Waals surface area contributed by atoms with Crippen LogP contribution in [0.2, 0.25) is 30.1 Å². The molecular formula is C75H78Cl6F3N9O9. The van der Waals surface area contributed by atoms with E-state index in [1.165, 1.54) is 36.4 Å². The fraction of sp³-hybridized carbons (Fsp3) is 0.360. The standard InChI is InChI=1S/3C25H26Cl2FN3O3/c3*26-18-3-8-23-17(13-18)2-7-24(29-23)25(33)30-31-11-9-16(10-12-31)1-4-19(32)15-34-20-5-6-21(27)22(28)14-20/h3*2-3,5-8,13-14,16,19,32H,1,4,9-12,15H2,(H,30,33)/t2*19-;/m10./s1. The molecule has 3 aliphatic rings. The van der Waals surface area contributed by atoms with Gasteiger partial charge in [-0.25, -0.2) is 43.1 Å².